The van der Waals surface area contributed by atoms with Gasteiger partial charge in [-0.15, -0.1) is 0 Å². The Hall–Kier alpha value is -4.32. The number of nitrogens with zero attached hydrogens (tertiary/aromatic N) is 2. The molecule has 2 N–H and O–H groups in total. The van der Waals surface area contributed by atoms with E-state index in [1.165, 1.54) is 0 Å². The number of carbonyl (C=O) groups is 2. The molecule has 2 aromatic heterocycles. The van der Waals surface area contributed by atoms with Crippen molar-refractivity contribution >= 4 is 11.9 Å². The lowest BCUT2D eigenvalue weighted by Crippen LogP contribution is -2.33. The summed E-state index contributed by atoms with van der Waals surface area (Å²) in [6, 6.07) is 22.0. The molecule has 0 bridgehead atoms. The molecule has 4 aromatic rings. The summed E-state index contributed by atoms with van der Waals surface area (Å²) >= 11 is 0. The van der Waals surface area contributed by atoms with Crippen LogP contribution in [-0.4, -0.2) is 22.2 Å². The van der Waals surface area contributed by atoms with Crippen molar-refractivity contribution in [3.8, 4) is 11.1 Å². The lowest BCUT2D eigenvalue weighted by atomic mass is 10.1. The molecule has 0 aliphatic heterocycles. The first kappa shape index (κ1) is 20.9. The van der Waals surface area contributed by atoms with E-state index >= 15 is 0 Å². The first-order valence-electron chi connectivity index (χ1n) is 10.1. The highest BCUT2D eigenvalue weighted by atomic mass is 16.4. The first-order valence-corrected chi connectivity index (χ1v) is 10.1. The fourth-order valence-electron chi connectivity index (χ4n) is 3.44. The topological polar surface area (TPSA) is 82.4 Å². The van der Waals surface area contributed by atoms with Gasteiger partial charge in [-0.05, 0) is 35.4 Å². The number of benzene rings is 2. The van der Waals surface area contributed by atoms with E-state index in [2.05, 4.69) is 24.3 Å². The molecule has 32 heavy (non-hydrogen) atoms. The van der Waals surface area contributed by atoms with Crippen LogP contribution < -0.4 is 9.13 Å². The normalized spacial score (nSPS) is 10.6. The van der Waals surface area contributed by atoms with Crippen LogP contribution in [-0.2, 0) is 13.1 Å². The molecule has 0 aliphatic carbocycles. The second-order valence-corrected chi connectivity index (χ2v) is 7.52. The Morgan fingerprint density at radius 2 is 0.844 bits per heavy atom. The monoisotopic (exact) mass is 426 g/mol. The van der Waals surface area contributed by atoms with E-state index in [9.17, 15) is 9.59 Å². The van der Waals surface area contributed by atoms with Crippen molar-refractivity contribution in [1.82, 2.24) is 0 Å². The van der Waals surface area contributed by atoms with Gasteiger partial charge in [-0.25, -0.2) is 18.7 Å². The molecule has 0 fully saturated rings. The zero-order chi connectivity index (χ0) is 22.5. The molecular formula is C26H22N2O4+2. The number of hydrogen-bond donors (Lipinski definition) is 2. The lowest BCUT2D eigenvalue weighted by molar-refractivity contribution is -0.688. The molecule has 0 amide bonds. The summed E-state index contributed by atoms with van der Waals surface area (Å²) < 4.78 is 4.09. The minimum absolute atomic E-state index is 0.285. The fourth-order valence-corrected chi connectivity index (χ4v) is 3.44. The van der Waals surface area contributed by atoms with Crippen LogP contribution in [0.5, 0.6) is 0 Å². The third-order valence-electron chi connectivity index (χ3n) is 5.25. The van der Waals surface area contributed by atoms with Gasteiger partial charge >= 0.3 is 11.9 Å². The van der Waals surface area contributed by atoms with Crippen molar-refractivity contribution < 1.29 is 28.9 Å². The predicted octanol–water partition coefficient (Wildman–Crippen LogP) is 3.42. The summed E-state index contributed by atoms with van der Waals surface area (Å²) in [6.45, 7) is 1.32. The third kappa shape index (κ3) is 5.05. The van der Waals surface area contributed by atoms with Crippen LogP contribution in [0.3, 0.4) is 0 Å². The van der Waals surface area contributed by atoms with E-state index in [1.807, 2.05) is 58.2 Å². The SMILES string of the molecule is O=C(O)c1ccc(C[n+]2ccc(-c3cc[n+](Cc4ccc(C(=O)O)cc4)cc3)cc2)cc1. The highest BCUT2D eigenvalue weighted by molar-refractivity contribution is 5.87. The van der Waals surface area contributed by atoms with E-state index in [0.717, 1.165) is 22.3 Å². The van der Waals surface area contributed by atoms with Crippen molar-refractivity contribution in [3.05, 3.63) is 120 Å². The largest absolute Gasteiger partial charge is 0.478 e. The van der Waals surface area contributed by atoms with E-state index in [-0.39, 0.29) is 11.1 Å². The maximum Gasteiger partial charge on any atom is 0.335 e. The van der Waals surface area contributed by atoms with E-state index < -0.39 is 11.9 Å². The van der Waals surface area contributed by atoms with Crippen LogP contribution in [0.15, 0.2) is 97.6 Å². The molecule has 158 valence electrons. The molecule has 0 saturated carbocycles. The minimum atomic E-state index is -0.922. The van der Waals surface area contributed by atoms with Crippen molar-refractivity contribution in [2.45, 2.75) is 13.1 Å². The first-order chi connectivity index (χ1) is 15.5. The Balaban J connectivity index is 1.40. The Labute approximate surface area is 185 Å². The van der Waals surface area contributed by atoms with Gasteiger partial charge in [-0.2, -0.15) is 0 Å². The van der Waals surface area contributed by atoms with Crippen LogP contribution in [0.1, 0.15) is 31.8 Å². The average Bonchev–Trinajstić information content (AvgIpc) is 2.81. The van der Waals surface area contributed by atoms with Gasteiger partial charge in [-0.3, -0.25) is 0 Å². The number of pyridine rings is 2. The van der Waals surface area contributed by atoms with Gasteiger partial charge in [0.05, 0.1) is 11.1 Å². The highest BCUT2D eigenvalue weighted by Gasteiger charge is 2.09. The maximum absolute atomic E-state index is 11.0. The number of carboxylic acid groups (broad SMARTS) is 2. The Bertz CT molecular complexity index is 1130. The molecule has 0 aliphatic rings. The van der Waals surface area contributed by atoms with Crippen LogP contribution in [0.25, 0.3) is 11.1 Å². The molecular weight excluding hydrogens is 404 g/mol. The van der Waals surface area contributed by atoms with Crippen LogP contribution in [0, 0.1) is 0 Å². The maximum atomic E-state index is 11.0. The molecule has 0 radical (unpaired) electrons. The number of aromatic nitrogens is 2. The molecule has 6 heteroatoms. The van der Waals surface area contributed by atoms with Gasteiger partial charge in [0.2, 0.25) is 0 Å². The fraction of sp³-hybridized carbons (Fsp3) is 0.0769. The van der Waals surface area contributed by atoms with Crippen molar-refractivity contribution in [3.63, 3.8) is 0 Å². The van der Waals surface area contributed by atoms with Gasteiger partial charge in [0.15, 0.2) is 37.9 Å². The summed E-state index contributed by atoms with van der Waals surface area (Å²) in [4.78, 5) is 21.9. The van der Waals surface area contributed by atoms with Crippen LogP contribution in [0.4, 0.5) is 0 Å². The summed E-state index contributed by atoms with van der Waals surface area (Å²) in [5.74, 6) is -1.84. The number of aromatic carboxylic acids is 2. The quantitative estimate of drug-likeness (QED) is 0.444. The van der Waals surface area contributed by atoms with E-state index in [1.54, 1.807) is 24.3 Å². The van der Waals surface area contributed by atoms with Gasteiger partial charge < -0.3 is 10.2 Å². The number of hydrogen-bond acceptors (Lipinski definition) is 2. The summed E-state index contributed by atoms with van der Waals surface area (Å²) in [6.07, 6.45) is 8.02. The molecule has 0 atom stereocenters. The van der Waals surface area contributed by atoms with Gasteiger partial charge in [0.25, 0.3) is 0 Å². The zero-order valence-corrected chi connectivity index (χ0v) is 17.3. The van der Waals surface area contributed by atoms with Crippen molar-refractivity contribution in [1.29, 1.82) is 0 Å². The van der Waals surface area contributed by atoms with Crippen molar-refractivity contribution in [2.24, 2.45) is 0 Å². The molecule has 6 nitrogen and oxygen atoms in total. The highest BCUT2D eigenvalue weighted by Crippen LogP contribution is 2.16. The average molecular weight is 426 g/mol. The summed E-state index contributed by atoms with van der Waals surface area (Å²) in [7, 11) is 0. The molecule has 2 aromatic carbocycles. The van der Waals surface area contributed by atoms with E-state index in [0.29, 0.717) is 13.1 Å². The minimum Gasteiger partial charge on any atom is -0.478 e. The van der Waals surface area contributed by atoms with Crippen molar-refractivity contribution in [2.75, 3.05) is 0 Å². The lowest BCUT2D eigenvalue weighted by Gasteiger charge is -2.03. The standard InChI is InChI=1S/C26H20N2O4/c29-25(30)23-5-1-19(2-6-23)17-27-13-9-21(10-14-27)22-11-15-28(16-12-22)18-20-3-7-24(8-4-20)26(31)32/h1-16H,17-18H2/p+2. The predicted molar refractivity (Wildman–Crippen MR) is 117 cm³/mol. The number of rotatable bonds is 7. The van der Waals surface area contributed by atoms with Gasteiger partial charge in [-0.1, -0.05) is 24.3 Å². The van der Waals surface area contributed by atoms with Crippen LogP contribution in [0.2, 0.25) is 0 Å². The van der Waals surface area contributed by atoms with Gasteiger partial charge in [0.1, 0.15) is 0 Å². The molecule has 0 spiro atoms. The summed E-state index contributed by atoms with van der Waals surface area (Å²) in [5, 5.41) is 18.0. The molecule has 4 rings (SSSR count). The van der Waals surface area contributed by atoms with E-state index in [4.69, 9.17) is 10.2 Å². The Kier molecular flexibility index (Phi) is 6.03. The number of carboxylic acids is 2. The third-order valence-corrected chi connectivity index (χ3v) is 5.25. The Morgan fingerprint density at radius 3 is 1.12 bits per heavy atom. The molecule has 0 unspecified atom stereocenters. The molecule has 2 heterocycles. The zero-order valence-electron chi connectivity index (χ0n) is 17.3. The Morgan fingerprint density at radius 1 is 0.531 bits per heavy atom. The second kappa shape index (κ2) is 9.22. The second-order valence-electron chi connectivity index (χ2n) is 7.52. The van der Waals surface area contributed by atoms with Crippen LogP contribution >= 0.6 is 0 Å². The summed E-state index contributed by atoms with van der Waals surface area (Å²) in [5.41, 5.74) is 4.83. The molecule has 0 saturated heterocycles. The smallest absolute Gasteiger partial charge is 0.335 e. The van der Waals surface area contributed by atoms with Gasteiger partial charge in [0, 0.05) is 35.4 Å².